The fourth-order valence-corrected chi connectivity index (χ4v) is 4.05. The first-order chi connectivity index (χ1) is 15.4. The summed E-state index contributed by atoms with van der Waals surface area (Å²) in [7, 11) is 0. The SMILES string of the molecule is Cc1ccc(OCC(=O)Nc2cc(F)cc(C(=O)N3CCN4CCOCC4C3)c2)cc1C. The highest BCUT2D eigenvalue weighted by Crippen LogP contribution is 2.20. The van der Waals surface area contributed by atoms with E-state index >= 15 is 0 Å². The second-order valence-electron chi connectivity index (χ2n) is 8.33. The number of rotatable bonds is 5. The van der Waals surface area contributed by atoms with E-state index < -0.39 is 11.7 Å². The van der Waals surface area contributed by atoms with Crippen molar-refractivity contribution in [2.75, 3.05) is 51.3 Å². The molecule has 0 radical (unpaired) electrons. The zero-order valence-corrected chi connectivity index (χ0v) is 18.4. The number of nitrogens with one attached hydrogen (secondary N) is 1. The Morgan fingerprint density at radius 3 is 2.78 bits per heavy atom. The van der Waals surface area contributed by atoms with E-state index in [4.69, 9.17) is 9.47 Å². The Kier molecular flexibility index (Phi) is 6.72. The summed E-state index contributed by atoms with van der Waals surface area (Å²) < 4.78 is 25.3. The van der Waals surface area contributed by atoms with Crippen molar-refractivity contribution in [1.82, 2.24) is 9.80 Å². The van der Waals surface area contributed by atoms with Crippen LogP contribution in [-0.4, -0.2) is 73.7 Å². The topological polar surface area (TPSA) is 71.1 Å². The maximum Gasteiger partial charge on any atom is 0.262 e. The van der Waals surface area contributed by atoms with Crippen LogP contribution in [0, 0.1) is 19.7 Å². The monoisotopic (exact) mass is 441 g/mol. The van der Waals surface area contributed by atoms with E-state index in [-0.39, 0.29) is 29.8 Å². The van der Waals surface area contributed by atoms with Crippen molar-refractivity contribution < 1.29 is 23.5 Å². The number of aryl methyl sites for hydroxylation is 2. The zero-order valence-electron chi connectivity index (χ0n) is 18.4. The van der Waals surface area contributed by atoms with Crippen LogP contribution in [0.15, 0.2) is 36.4 Å². The van der Waals surface area contributed by atoms with Gasteiger partial charge in [0.2, 0.25) is 0 Å². The van der Waals surface area contributed by atoms with Gasteiger partial charge in [0.1, 0.15) is 11.6 Å². The van der Waals surface area contributed by atoms with Gasteiger partial charge in [0.25, 0.3) is 11.8 Å². The van der Waals surface area contributed by atoms with Gasteiger partial charge in [0.05, 0.1) is 19.3 Å². The number of amides is 2. The Morgan fingerprint density at radius 2 is 1.97 bits per heavy atom. The minimum Gasteiger partial charge on any atom is -0.484 e. The van der Waals surface area contributed by atoms with Gasteiger partial charge in [-0.05, 0) is 55.3 Å². The Labute approximate surface area is 187 Å². The van der Waals surface area contributed by atoms with Crippen molar-refractivity contribution in [3.05, 3.63) is 58.9 Å². The molecule has 2 amide bonds. The largest absolute Gasteiger partial charge is 0.484 e. The van der Waals surface area contributed by atoms with E-state index in [0.29, 0.717) is 32.1 Å². The number of anilines is 1. The molecule has 2 fully saturated rings. The molecule has 0 bridgehead atoms. The number of halogens is 1. The number of fused-ring (bicyclic) bond motifs is 1. The van der Waals surface area contributed by atoms with Crippen LogP contribution in [0.5, 0.6) is 5.75 Å². The molecule has 2 heterocycles. The molecule has 1 atom stereocenters. The lowest BCUT2D eigenvalue weighted by Crippen LogP contribution is -2.59. The summed E-state index contributed by atoms with van der Waals surface area (Å²) in [6.45, 7) is 7.82. The van der Waals surface area contributed by atoms with E-state index in [1.807, 2.05) is 26.0 Å². The van der Waals surface area contributed by atoms with Crippen molar-refractivity contribution >= 4 is 17.5 Å². The summed E-state index contributed by atoms with van der Waals surface area (Å²) >= 11 is 0. The first kappa shape index (κ1) is 22.2. The lowest BCUT2D eigenvalue weighted by atomic mass is 10.1. The van der Waals surface area contributed by atoms with Gasteiger partial charge in [-0.25, -0.2) is 4.39 Å². The highest BCUT2D eigenvalue weighted by Gasteiger charge is 2.32. The molecule has 7 nitrogen and oxygen atoms in total. The predicted molar refractivity (Wildman–Crippen MR) is 119 cm³/mol. The van der Waals surface area contributed by atoms with Crippen LogP contribution in [0.3, 0.4) is 0 Å². The van der Waals surface area contributed by atoms with E-state index in [1.54, 1.807) is 11.0 Å². The Bertz CT molecular complexity index is 1010. The summed E-state index contributed by atoms with van der Waals surface area (Å²) in [5, 5.41) is 2.62. The van der Waals surface area contributed by atoms with Crippen molar-refractivity contribution in [3.63, 3.8) is 0 Å². The molecule has 0 aliphatic carbocycles. The summed E-state index contributed by atoms with van der Waals surface area (Å²) in [5.74, 6) is -0.679. The molecule has 2 aromatic rings. The van der Waals surface area contributed by atoms with Gasteiger partial charge in [0.15, 0.2) is 6.61 Å². The summed E-state index contributed by atoms with van der Waals surface area (Å²) in [5.41, 5.74) is 2.63. The van der Waals surface area contributed by atoms with Crippen molar-refractivity contribution in [3.8, 4) is 5.75 Å². The quantitative estimate of drug-likeness (QED) is 0.773. The van der Waals surface area contributed by atoms with Crippen LogP contribution in [0.2, 0.25) is 0 Å². The molecule has 2 aliphatic rings. The molecule has 32 heavy (non-hydrogen) atoms. The number of piperazine rings is 1. The van der Waals surface area contributed by atoms with Gasteiger partial charge in [-0.1, -0.05) is 6.07 Å². The van der Waals surface area contributed by atoms with Gasteiger partial charge >= 0.3 is 0 Å². The summed E-state index contributed by atoms with van der Waals surface area (Å²) in [6, 6.07) is 9.64. The molecule has 2 aromatic carbocycles. The average Bonchev–Trinajstić information content (AvgIpc) is 2.78. The number of ether oxygens (including phenoxy) is 2. The molecule has 170 valence electrons. The number of hydrogen-bond acceptors (Lipinski definition) is 5. The fourth-order valence-electron chi connectivity index (χ4n) is 4.05. The number of nitrogens with zero attached hydrogens (tertiary/aromatic N) is 2. The van der Waals surface area contributed by atoms with Gasteiger partial charge in [0, 0.05) is 37.4 Å². The second kappa shape index (κ2) is 9.67. The van der Waals surface area contributed by atoms with Gasteiger partial charge in [-0.15, -0.1) is 0 Å². The third-order valence-corrected chi connectivity index (χ3v) is 6.00. The number of morpholine rings is 1. The van der Waals surface area contributed by atoms with Crippen LogP contribution in [0.1, 0.15) is 21.5 Å². The molecule has 1 N–H and O–H groups in total. The Balaban J connectivity index is 1.38. The van der Waals surface area contributed by atoms with Crippen molar-refractivity contribution in [1.29, 1.82) is 0 Å². The van der Waals surface area contributed by atoms with Crippen molar-refractivity contribution in [2.24, 2.45) is 0 Å². The maximum absolute atomic E-state index is 14.2. The normalized spacial score (nSPS) is 18.7. The molecule has 4 rings (SSSR count). The summed E-state index contributed by atoms with van der Waals surface area (Å²) in [6.07, 6.45) is 0. The molecular weight excluding hydrogens is 413 g/mol. The molecular formula is C24H28FN3O4. The van der Waals surface area contributed by atoms with E-state index in [2.05, 4.69) is 10.2 Å². The van der Waals surface area contributed by atoms with Crippen molar-refractivity contribution in [2.45, 2.75) is 19.9 Å². The van der Waals surface area contributed by atoms with E-state index in [1.165, 1.54) is 18.2 Å². The number of carbonyl (C=O) groups excluding carboxylic acids is 2. The first-order valence-electron chi connectivity index (χ1n) is 10.8. The van der Waals surface area contributed by atoms with Crippen LogP contribution in [0.4, 0.5) is 10.1 Å². The van der Waals surface area contributed by atoms with Crippen LogP contribution < -0.4 is 10.1 Å². The molecule has 0 saturated carbocycles. The smallest absolute Gasteiger partial charge is 0.262 e. The predicted octanol–water partition coefficient (Wildman–Crippen LogP) is 2.62. The number of carbonyl (C=O) groups is 2. The molecule has 1 unspecified atom stereocenters. The Hall–Kier alpha value is -2.97. The van der Waals surface area contributed by atoms with Gasteiger partial charge in [-0.2, -0.15) is 0 Å². The fraction of sp³-hybridized carbons (Fsp3) is 0.417. The lowest BCUT2D eigenvalue weighted by molar-refractivity contribution is -0.118. The first-order valence-corrected chi connectivity index (χ1v) is 10.8. The van der Waals surface area contributed by atoms with Gasteiger partial charge in [-0.3, -0.25) is 14.5 Å². The number of hydrogen-bond donors (Lipinski definition) is 1. The second-order valence-corrected chi connectivity index (χ2v) is 8.33. The maximum atomic E-state index is 14.2. The lowest BCUT2D eigenvalue weighted by Gasteiger charge is -2.43. The van der Waals surface area contributed by atoms with E-state index in [0.717, 1.165) is 24.2 Å². The third kappa shape index (κ3) is 5.26. The van der Waals surface area contributed by atoms with E-state index in [9.17, 15) is 14.0 Å². The molecule has 0 spiro atoms. The molecule has 0 aromatic heterocycles. The third-order valence-electron chi connectivity index (χ3n) is 6.00. The minimum absolute atomic E-state index is 0.164. The highest BCUT2D eigenvalue weighted by atomic mass is 19.1. The molecule has 2 saturated heterocycles. The van der Waals surface area contributed by atoms with Crippen LogP contribution in [0.25, 0.3) is 0 Å². The standard InChI is InChI=1S/C24H28FN3O4/c1-16-3-4-22(9-17(16)2)32-15-23(29)26-20-11-18(10-19(25)12-20)24(30)28-6-5-27-7-8-31-14-21(27)13-28/h3-4,9-12,21H,5-8,13-15H2,1-2H3,(H,26,29). The molecule has 2 aliphatic heterocycles. The zero-order chi connectivity index (χ0) is 22.7. The van der Waals surface area contributed by atoms with Gasteiger partial charge < -0.3 is 19.7 Å². The highest BCUT2D eigenvalue weighted by molar-refractivity contribution is 5.97. The van der Waals surface area contributed by atoms with Crippen LogP contribution in [-0.2, 0) is 9.53 Å². The average molecular weight is 442 g/mol. The minimum atomic E-state index is -0.583. The summed E-state index contributed by atoms with van der Waals surface area (Å²) in [4.78, 5) is 29.4. The van der Waals surface area contributed by atoms with Crippen LogP contribution >= 0.6 is 0 Å². The molecule has 8 heteroatoms. The Morgan fingerprint density at radius 1 is 1.12 bits per heavy atom. The number of benzene rings is 2.